The van der Waals surface area contributed by atoms with Crippen LogP contribution in [-0.2, 0) is 24.3 Å². The molecule has 0 spiro atoms. The zero-order chi connectivity index (χ0) is 12.5. The molecule has 18 heavy (non-hydrogen) atoms. The Morgan fingerprint density at radius 3 is 2.78 bits per heavy atom. The second-order valence-electron chi connectivity index (χ2n) is 4.11. The van der Waals surface area contributed by atoms with E-state index in [1.54, 1.807) is 0 Å². The summed E-state index contributed by atoms with van der Waals surface area (Å²) >= 11 is 0. The molecular weight excluding hydrogens is 240 g/mol. The number of nitrogens with zero attached hydrogens (tertiary/aromatic N) is 3. The van der Waals surface area contributed by atoms with Crippen LogP contribution in [0.15, 0.2) is 18.2 Å². The van der Waals surface area contributed by atoms with Gasteiger partial charge in [0.2, 0.25) is 0 Å². The van der Waals surface area contributed by atoms with Crippen LogP contribution in [0.4, 0.5) is 8.78 Å². The van der Waals surface area contributed by atoms with E-state index in [-0.39, 0.29) is 12.0 Å². The van der Waals surface area contributed by atoms with Crippen molar-refractivity contribution in [3.8, 4) is 0 Å². The van der Waals surface area contributed by atoms with Crippen molar-refractivity contribution in [3.05, 3.63) is 47.0 Å². The van der Waals surface area contributed by atoms with Gasteiger partial charge in [-0.2, -0.15) is 0 Å². The van der Waals surface area contributed by atoms with Crippen molar-refractivity contribution >= 4 is 0 Å². The van der Waals surface area contributed by atoms with Crippen LogP contribution in [0.1, 0.15) is 17.2 Å². The van der Waals surface area contributed by atoms with E-state index in [1.807, 2.05) is 4.57 Å². The van der Waals surface area contributed by atoms with E-state index in [4.69, 9.17) is 4.74 Å². The zero-order valence-corrected chi connectivity index (χ0v) is 9.57. The van der Waals surface area contributed by atoms with Crippen molar-refractivity contribution in [1.29, 1.82) is 0 Å². The Kier molecular flexibility index (Phi) is 2.79. The molecule has 0 atom stereocenters. The van der Waals surface area contributed by atoms with Crippen molar-refractivity contribution in [1.82, 2.24) is 14.8 Å². The lowest BCUT2D eigenvalue weighted by Gasteiger charge is -2.15. The lowest BCUT2D eigenvalue weighted by molar-refractivity contribution is 0.0807. The number of ether oxygens (including phenoxy) is 1. The minimum absolute atomic E-state index is 0.0270. The summed E-state index contributed by atoms with van der Waals surface area (Å²) < 4.78 is 34.2. The molecule has 6 heteroatoms. The standard InChI is InChI=1S/C12H11F2N3O/c13-9-2-1-3-10(14)8(9)6-11-15-16-12-7-18-5-4-17(11)12/h1-3H,4-7H2. The van der Waals surface area contributed by atoms with E-state index < -0.39 is 11.6 Å². The molecule has 2 aromatic rings. The molecule has 3 rings (SSSR count). The molecule has 0 aliphatic carbocycles. The highest BCUT2D eigenvalue weighted by Gasteiger charge is 2.18. The van der Waals surface area contributed by atoms with Crippen LogP contribution in [0.5, 0.6) is 0 Å². The Labute approximate surface area is 102 Å². The fraction of sp³-hybridized carbons (Fsp3) is 0.333. The van der Waals surface area contributed by atoms with Crippen molar-refractivity contribution < 1.29 is 13.5 Å². The largest absolute Gasteiger partial charge is 0.372 e. The van der Waals surface area contributed by atoms with Gasteiger partial charge in [-0.15, -0.1) is 10.2 Å². The van der Waals surface area contributed by atoms with Crippen LogP contribution in [0.2, 0.25) is 0 Å². The Balaban J connectivity index is 1.95. The molecule has 0 saturated carbocycles. The first kappa shape index (κ1) is 11.3. The maximum absolute atomic E-state index is 13.6. The second kappa shape index (κ2) is 4.45. The average Bonchev–Trinajstić information content (AvgIpc) is 2.77. The first-order valence-corrected chi connectivity index (χ1v) is 5.67. The minimum atomic E-state index is -0.556. The van der Waals surface area contributed by atoms with Crippen molar-refractivity contribution in [2.24, 2.45) is 0 Å². The van der Waals surface area contributed by atoms with Gasteiger partial charge in [0, 0.05) is 18.5 Å². The number of hydrogen-bond donors (Lipinski definition) is 0. The molecule has 0 bridgehead atoms. The molecule has 0 N–H and O–H groups in total. The van der Waals surface area contributed by atoms with Gasteiger partial charge in [-0.25, -0.2) is 8.78 Å². The summed E-state index contributed by atoms with van der Waals surface area (Å²) in [4.78, 5) is 0. The van der Waals surface area contributed by atoms with Crippen LogP contribution in [0, 0.1) is 11.6 Å². The molecule has 0 amide bonds. The molecule has 1 aliphatic heterocycles. The highest BCUT2D eigenvalue weighted by Crippen LogP contribution is 2.18. The van der Waals surface area contributed by atoms with Gasteiger partial charge in [0.15, 0.2) is 5.82 Å². The van der Waals surface area contributed by atoms with Gasteiger partial charge in [0.25, 0.3) is 0 Å². The smallest absolute Gasteiger partial charge is 0.159 e. The fourth-order valence-corrected chi connectivity index (χ4v) is 2.05. The molecule has 4 nitrogen and oxygen atoms in total. The predicted octanol–water partition coefficient (Wildman–Crippen LogP) is 1.68. The van der Waals surface area contributed by atoms with E-state index in [1.165, 1.54) is 18.2 Å². The third-order valence-electron chi connectivity index (χ3n) is 2.99. The van der Waals surface area contributed by atoms with Gasteiger partial charge in [-0.3, -0.25) is 0 Å². The van der Waals surface area contributed by atoms with Crippen molar-refractivity contribution in [2.75, 3.05) is 6.61 Å². The van der Waals surface area contributed by atoms with Gasteiger partial charge in [0.05, 0.1) is 6.61 Å². The van der Waals surface area contributed by atoms with E-state index >= 15 is 0 Å². The van der Waals surface area contributed by atoms with Gasteiger partial charge in [-0.1, -0.05) is 6.07 Å². The topological polar surface area (TPSA) is 39.9 Å². The summed E-state index contributed by atoms with van der Waals surface area (Å²) in [5, 5.41) is 7.93. The third-order valence-corrected chi connectivity index (χ3v) is 2.99. The second-order valence-corrected chi connectivity index (χ2v) is 4.11. The maximum atomic E-state index is 13.6. The number of aromatic nitrogens is 3. The Bertz CT molecular complexity index is 562. The SMILES string of the molecule is Fc1cccc(F)c1Cc1nnc2n1CCOC2. The Morgan fingerprint density at radius 2 is 2.00 bits per heavy atom. The highest BCUT2D eigenvalue weighted by atomic mass is 19.1. The Morgan fingerprint density at radius 1 is 1.22 bits per heavy atom. The number of rotatable bonds is 2. The van der Waals surface area contributed by atoms with E-state index in [2.05, 4.69) is 10.2 Å². The zero-order valence-electron chi connectivity index (χ0n) is 9.57. The normalized spacial score (nSPS) is 14.6. The molecule has 1 aliphatic rings. The molecule has 2 heterocycles. The van der Waals surface area contributed by atoms with Gasteiger partial charge < -0.3 is 9.30 Å². The molecule has 94 valence electrons. The van der Waals surface area contributed by atoms with E-state index in [9.17, 15) is 8.78 Å². The molecule has 0 fully saturated rings. The van der Waals surface area contributed by atoms with Crippen molar-refractivity contribution in [2.45, 2.75) is 19.6 Å². The van der Waals surface area contributed by atoms with Crippen LogP contribution >= 0.6 is 0 Å². The fourth-order valence-electron chi connectivity index (χ4n) is 2.05. The molecule has 0 saturated heterocycles. The Hall–Kier alpha value is -1.82. The summed E-state index contributed by atoms with van der Waals surface area (Å²) in [7, 11) is 0. The van der Waals surface area contributed by atoms with Gasteiger partial charge >= 0.3 is 0 Å². The van der Waals surface area contributed by atoms with Crippen LogP contribution in [0.25, 0.3) is 0 Å². The van der Waals surface area contributed by atoms with Crippen LogP contribution < -0.4 is 0 Å². The van der Waals surface area contributed by atoms with Crippen molar-refractivity contribution in [3.63, 3.8) is 0 Å². The summed E-state index contributed by atoms with van der Waals surface area (Å²) in [5.74, 6) is 0.157. The summed E-state index contributed by atoms with van der Waals surface area (Å²) in [5.41, 5.74) is 0.0270. The predicted molar refractivity (Wildman–Crippen MR) is 58.8 cm³/mol. The number of fused-ring (bicyclic) bond motifs is 1. The van der Waals surface area contributed by atoms with Gasteiger partial charge in [-0.05, 0) is 12.1 Å². The molecule has 0 unspecified atom stereocenters. The first-order valence-electron chi connectivity index (χ1n) is 5.67. The third kappa shape index (κ3) is 1.88. The average molecular weight is 251 g/mol. The molecular formula is C12H11F2N3O. The van der Waals surface area contributed by atoms with Gasteiger partial charge in [0.1, 0.15) is 24.1 Å². The monoisotopic (exact) mass is 251 g/mol. The first-order chi connectivity index (χ1) is 8.75. The number of hydrogen-bond acceptors (Lipinski definition) is 3. The van der Waals surface area contributed by atoms with Crippen LogP contribution in [-0.4, -0.2) is 21.4 Å². The lowest BCUT2D eigenvalue weighted by Crippen LogP contribution is -2.19. The number of benzene rings is 1. The summed E-state index contributed by atoms with van der Waals surface area (Å²) in [6.45, 7) is 1.58. The molecule has 0 radical (unpaired) electrons. The molecule has 1 aromatic heterocycles. The van der Waals surface area contributed by atoms with E-state index in [0.29, 0.717) is 31.4 Å². The number of halogens is 2. The molecule has 1 aromatic carbocycles. The van der Waals surface area contributed by atoms with E-state index in [0.717, 1.165) is 0 Å². The minimum Gasteiger partial charge on any atom is -0.372 e. The lowest BCUT2D eigenvalue weighted by atomic mass is 10.1. The van der Waals surface area contributed by atoms with Crippen LogP contribution in [0.3, 0.4) is 0 Å². The maximum Gasteiger partial charge on any atom is 0.159 e. The summed E-state index contributed by atoms with van der Waals surface area (Å²) in [6.07, 6.45) is 0.103. The summed E-state index contributed by atoms with van der Waals surface area (Å²) in [6, 6.07) is 3.84. The quantitative estimate of drug-likeness (QED) is 0.815. The highest BCUT2D eigenvalue weighted by molar-refractivity contribution is 5.23.